The van der Waals surface area contributed by atoms with Gasteiger partial charge in [0, 0.05) is 5.56 Å². The predicted molar refractivity (Wildman–Crippen MR) is 43.5 cm³/mol. The van der Waals surface area contributed by atoms with Gasteiger partial charge in [-0.2, -0.15) is 0 Å². The van der Waals surface area contributed by atoms with Crippen molar-refractivity contribution in [3.8, 4) is 0 Å². The van der Waals surface area contributed by atoms with Gasteiger partial charge in [-0.15, -0.1) is 0 Å². The molecule has 1 aliphatic heterocycles. The van der Waals surface area contributed by atoms with Gasteiger partial charge in [0.15, 0.2) is 23.3 Å². The topological polar surface area (TPSA) is 38.3 Å². The van der Waals surface area contributed by atoms with Crippen LogP contribution in [-0.2, 0) is 4.74 Å². The molecular weight excluding hydrogens is 230 g/mol. The second-order valence-electron chi connectivity index (χ2n) is 3.18. The Bertz CT molecular complexity index is 463. The zero-order valence-corrected chi connectivity index (χ0v) is 7.69. The molecule has 1 heterocycles. The van der Waals surface area contributed by atoms with Gasteiger partial charge in [-0.3, -0.25) is 0 Å². The number of nitrogens with one attached hydrogen (secondary N) is 1. The highest BCUT2D eigenvalue weighted by Crippen LogP contribution is 2.26. The van der Waals surface area contributed by atoms with Gasteiger partial charge in [-0.25, -0.2) is 22.4 Å². The van der Waals surface area contributed by atoms with Crippen molar-refractivity contribution in [2.24, 2.45) is 0 Å². The van der Waals surface area contributed by atoms with Crippen molar-refractivity contribution in [2.75, 3.05) is 6.61 Å². The lowest BCUT2D eigenvalue weighted by molar-refractivity contribution is 0.176. The van der Waals surface area contributed by atoms with Gasteiger partial charge in [0.25, 0.3) is 0 Å². The van der Waals surface area contributed by atoms with Crippen LogP contribution in [0.3, 0.4) is 0 Å². The molecule has 86 valence electrons. The summed E-state index contributed by atoms with van der Waals surface area (Å²) in [4.78, 5) is 10.7. The monoisotopic (exact) mass is 235 g/mol. The Morgan fingerprint density at radius 3 is 2.44 bits per heavy atom. The quantitative estimate of drug-likeness (QED) is 0.459. The van der Waals surface area contributed by atoms with Gasteiger partial charge in [0.1, 0.15) is 6.61 Å². The molecule has 7 heteroatoms. The van der Waals surface area contributed by atoms with E-state index in [2.05, 4.69) is 10.1 Å². The summed E-state index contributed by atoms with van der Waals surface area (Å²) in [6.07, 6.45) is -0.824. The Morgan fingerprint density at radius 1 is 1.19 bits per heavy atom. The van der Waals surface area contributed by atoms with Crippen LogP contribution in [0.4, 0.5) is 22.4 Å². The largest absolute Gasteiger partial charge is 0.447 e. The van der Waals surface area contributed by atoms with E-state index in [-0.39, 0.29) is 6.61 Å². The molecule has 16 heavy (non-hydrogen) atoms. The molecule has 1 amide bonds. The molecule has 0 bridgehead atoms. The van der Waals surface area contributed by atoms with Gasteiger partial charge < -0.3 is 10.1 Å². The maximum absolute atomic E-state index is 13.2. The van der Waals surface area contributed by atoms with Crippen molar-refractivity contribution in [1.82, 2.24) is 5.32 Å². The fraction of sp³-hybridized carbons (Fsp3) is 0.222. The summed E-state index contributed by atoms with van der Waals surface area (Å²) in [7, 11) is 0. The molecule has 1 fully saturated rings. The van der Waals surface area contributed by atoms with Gasteiger partial charge in [-0.05, 0) is 6.07 Å². The number of benzene rings is 1. The van der Waals surface area contributed by atoms with Crippen LogP contribution in [0.5, 0.6) is 0 Å². The summed E-state index contributed by atoms with van der Waals surface area (Å²) in [6.45, 7) is -0.264. The van der Waals surface area contributed by atoms with E-state index in [0.717, 1.165) is 0 Å². The molecule has 0 aromatic heterocycles. The van der Waals surface area contributed by atoms with Crippen molar-refractivity contribution in [1.29, 1.82) is 0 Å². The van der Waals surface area contributed by atoms with E-state index in [1.54, 1.807) is 0 Å². The van der Waals surface area contributed by atoms with Crippen LogP contribution < -0.4 is 5.32 Å². The predicted octanol–water partition coefficient (Wildman–Crippen LogP) is 2.02. The number of ether oxygens (including phenoxy) is 1. The van der Waals surface area contributed by atoms with E-state index >= 15 is 0 Å². The summed E-state index contributed by atoms with van der Waals surface area (Å²) < 4.78 is 56.0. The number of amides is 1. The third kappa shape index (κ3) is 1.58. The summed E-state index contributed by atoms with van der Waals surface area (Å²) in [5, 5.41) is 2.13. The van der Waals surface area contributed by atoms with Crippen molar-refractivity contribution in [3.05, 3.63) is 34.9 Å². The van der Waals surface area contributed by atoms with E-state index in [4.69, 9.17) is 0 Å². The first kappa shape index (κ1) is 10.7. The van der Waals surface area contributed by atoms with Crippen LogP contribution in [0.1, 0.15) is 11.6 Å². The maximum atomic E-state index is 13.2. The molecule has 1 unspecified atom stereocenters. The third-order valence-corrected chi connectivity index (χ3v) is 2.18. The molecule has 1 atom stereocenters. The fourth-order valence-corrected chi connectivity index (χ4v) is 1.40. The lowest BCUT2D eigenvalue weighted by Crippen LogP contribution is -2.20. The van der Waals surface area contributed by atoms with E-state index in [0.29, 0.717) is 6.07 Å². The SMILES string of the molecule is O=C1NC(c2cc(F)c(F)c(F)c2F)CO1. The third-order valence-electron chi connectivity index (χ3n) is 2.18. The number of hydrogen-bond donors (Lipinski definition) is 1. The lowest BCUT2D eigenvalue weighted by Gasteiger charge is -2.10. The van der Waals surface area contributed by atoms with Crippen LogP contribution in [0.2, 0.25) is 0 Å². The van der Waals surface area contributed by atoms with Crippen molar-refractivity contribution >= 4 is 6.09 Å². The highest BCUT2D eigenvalue weighted by molar-refractivity contribution is 5.70. The highest BCUT2D eigenvalue weighted by atomic mass is 19.2. The molecule has 1 N–H and O–H groups in total. The number of alkyl carbamates (subject to hydrolysis) is 1. The van der Waals surface area contributed by atoms with Gasteiger partial charge in [-0.1, -0.05) is 0 Å². The van der Waals surface area contributed by atoms with E-state index in [9.17, 15) is 22.4 Å². The molecule has 0 radical (unpaired) electrons. The summed E-state index contributed by atoms with van der Waals surface area (Å²) in [5.74, 6) is -6.84. The summed E-state index contributed by atoms with van der Waals surface area (Å²) in [5.41, 5.74) is -0.484. The second-order valence-corrected chi connectivity index (χ2v) is 3.18. The smallest absolute Gasteiger partial charge is 0.407 e. The minimum absolute atomic E-state index is 0.264. The minimum Gasteiger partial charge on any atom is -0.447 e. The Balaban J connectivity index is 2.45. The Labute approximate surface area is 87.0 Å². The zero-order chi connectivity index (χ0) is 11.9. The molecule has 1 aromatic rings. The first-order valence-corrected chi connectivity index (χ1v) is 4.27. The fourth-order valence-electron chi connectivity index (χ4n) is 1.40. The Hall–Kier alpha value is -1.79. The average molecular weight is 235 g/mol. The van der Waals surface area contributed by atoms with Crippen LogP contribution in [0.25, 0.3) is 0 Å². The zero-order valence-electron chi connectivity index (χ0n) is 7.69. The second kappa shape index (κ2) is 3.66. The summed E-state index contributed by atoms with van der Waals surface area (Å²) >= 11 is 0. The number of carbonyl (C=O) groups excluding carboxylic acids is 1. The molecule has 0 spiro atoms. The number of hydrogen-bond acceptors (Lipinski definition) is 2. The number of halogens is 4. The number of rotatable bonds is 1. The molecule has 1 aromatic carbocycles. The average Bonchev–Trinajstić information content (AvgIpc) is 2.67. The molecule has 0 saturated carbocycles. The first-order chi connectivity index (χ1) is 7.50. The van der Waals surface area contributed by atoms with Gasteiger partial charge >= 0.3 is 6.09 Å². The van der Waals surface area contributed by atoms with E-state index < -0.39 is 41.0 Å². The van der Waals surface area contributed by atoms with Crippen molar-refractivity contribution in [3.63, 3.8) is 0 Å². The van der Waals surface area contributed by atoms with E-state index in [1.807, 2.05) is 0 Å². The molecule has 1 aliphatic rings. The van der Waals surface area contributed by atoms with Crippen molar-refractivity contribution < 1.29 is 27.1 Å². The standard InChI is InChI=1S/C9H5F4NO2/c10-4-1-3(5-2-16-9(15)14-5)6(11)8(13)7(4)12/h1,5H,2H2,(H,14,15). The number of cyclic esters (lactones) is 1. The Kier molecular flexibility index (Phi) is 2.45. The molecule has 2 rings (SSSR count). The normalized spacial score (nSPS) is 19.5. The lowest BCUT2D eigenvalue weighted by atomic mass is 10.1. The van der Waals surface area contributed by atoms with E-state index in [1.165, 1.54) is 0 Å². The maximum Gasteiger partial charge on any atom is 0.407 e. The van der Waals surface area contributed by atoms with Gasteiger partial charge in [0.2, 0.25) is 0 Å². The molecule has 3 nitrogen and oxygen atoms in total. The molecular formula is C9H5F4NO2. The Morgan fingerprint density at radius 2 is 1.88 bits per heavy atom. The molecule has 1 saturated heterocycles. The minimum atomic E-state index is -1.91. The molecule has 0 aliphatic carbocycles. The highest BCUT2D eigenvalue weighted by Gasteiger charge is 2.30. The summed E-state index contributed by atoms with van der Waals surface area (Å²) in [6, 6.07) is -0.523. The van der Waals surface area contributed by atoms with Crippen LogP contribution in [0, 0.1) is 23.3 Å². The van der Waals surface area contributed by atoms with Crippen LogP contribution in [0.15, 0.2) is 6.07 Å². The van der Waals surface area contributed by atoms with Crippen LogP contribution >= 0.6 is 0 Å². The van der Waals surface area contributed by atoms with Gasteiger partial charge in [0.05, 0.1) is 6.04 Å². The first-order valence-electron chi connectivity index (χ1n) is 4.27. The van der Waals surface area contributed by atoms with Crippen LogP contribution in [-0.4, -0.2) is 12.7 Å². The van der Waals surface area contributed by atoms with Crippen molar-refractivity contribution in [2.45, 2.75) is 6.04 Å². The number of carbonyl (C=O) groups is 1.